The standard InChI is InChI=1S/C18H22N4O4S/c1-13-19-17(26-20-13)14-7-10-21(11-8-14)18(23)15-3-5-16(6-4-15)22-9-2-12-27(22,24)25/h3-6,14H,2,7-12H2,1H3. The van der Waals surface area contributed by atoms with Gasteiger partial charge in [-0.2, -0.15) is 4.98 Å². The van der Waals surface area contributed by atoms with Gasteiger partial charge in [-0.05, 0) is 50.5 Å². The third-order valence-corrected chi connectivity index (χ3v) is 7.05. The molecule has 0 aliphatic carbocycles. The van der Waals surface area contributed by atoms with Crippen molar-refractivity contribution < 1.29 is 17.7 Å². The van der Waals surface area contributed by atoms with Crippen molar-refractivity contribution >= 4 is 21.6 Å². The highest BCUT2D eigenvalue weighted by atomic mass is 32.2. The van der Waals surface area contributed by atoms with Gasteiger partial charge in [0.15, 0.2) is 5.82 Å². The van der Waals surface area contributed by atoms with Gasteiger partial charge >= 0.3 is 0 Å². The zero-order chi connectivity index (χ0) is 19.0. The van der Waals surface area contributed by atoms with Crippen molar-refractivity contribution in [2.75, 3.05) is 29.7 Å². The van der Waals surface area contributed by atoms with Crippen molar-refractivity contribution in [1.82, 2.24) is 15.0 Å². The fraction of sp³-hybridized carbons (Fsp3) is 0.500. The van der Waals surface area contributed by atoms with Gasteiger partial charge in [-0.15, -0.1) is 0 Å². The maximum Gasteiger partial charge on any atom is 0.253 e. The van der Waals surface area contributed by atoms with Crippen LogP contribution in [0.4, 0.5) is 5.69 Å². The first-order valence-electron chi connectivity index (χ1n) is 9.14. The van der Waals surface area contributed by atoms with Crippen LogP contribution in [-0.2, 0) is 10.0 Å². The van der Waals surface area contributed by atoms with Crippen LogP contribution in [0, 0.1) is 6.92 Å². The number of rotatable bonds is 3. The smallest absolute Gasteiger partial charge is 0.253 e. The molecule has 9 heteroatoms. The Morgan fingerprint density at radius 3 is 2.41 bits per heavy atom. The Kier molecular flexibility index (Phi) is 4.63. The summed E-state index contributed by atoms with van der Waals surface area (Å²) >= 11 is 0. The zero-order valence-corrected chi connectivity index (χ0v) is 16.0. The van der Waals surface area contributed by atoms with Gasteiger partial charge in [0.25, 0.3) is 5.91 Å². The number of aryl methyl sites for hydroxylation is 1. The number of carbonyl (C=O) groups is 1. The molecule has 0 saturated carbocycles. The van der Waals surface area contributed by atoms with E-state index in [4.69, 9.17) is 4.52 Å². The van der Waals surface area contributed by atoms with Gasteiger partial charge in [-0.25, -0.2) is 8.42 Å². The van der Waals surface area contributed by atoms with Gasteiger partial charge in [-0.1, -0.05) is 5.16 Å². The zero-order valence-electron chi connectivity index (χ0n) is 15.2. The molecule has 2 saturated heterocycles. The lowest BCUT2D eigenvalue weighted by molar-refractivity contribution is 0.0704. The molecule has 0 radical (unpaired) electrons. The molecule has 2 aromatic rings. The first-order chi connectivity index (χ1) is 12.9. The van der Waals surface area contributed by atoms with E-state index in [1.165, 1.54) is 4.31 Å². The summed E-state index contributed by atoms with van der Waals surface area (Å²) in [6, 6.07) is 6.84. The summed E-state index contributed by atoms with van der Waals surface area (Å²) < 4.78 is 30.7. The molecule has 3 heterocycles. The molecule has 2 fully saturated rings. The molecular formula is C18H22N4O4S. The number of hydrogen-bond acceptors (Lipinski definition) is 6. The summed E-state index contributed by atoms with van der Waals surface area (Å²) in [6.07, 6.45) is 2.21. The molecule has 0 spiro atoms. The number of hydrogen-bond donors (Lipinski definition) is 0. The van der Waals surface area contributed by atoms with Gasteiger partial charge in [0, 0.05) is 31.1 Å². The molecule has 27 heavy (non-hydrogen) atoms. The number of amides is 1. The van der Waals surface area contributed by atoms with Crippen LogP contribution >= 0.6 is 0 Å². The number of benzene rings is 1. The van der Waals surface area contributed by atoms with E-state index in [9.17, 15) is 13.2 Å². The highest BCUT2D eigenvalue weighted by Crippen LogP contribution is 2.28. The summed E-state index contributed by atoms with van der Waals surface area (Å²) in [5.41, 5.74) is 1.19. The van der Waals surface area contributed by atoms with Crippen LogP contribution in [0.1, 0.15) is 47.3 Å². The molecule has 1 amide bonds. The molecular weight excluding hydrogens is 368 g/mol. The Bertz CT molecular complexity index is 931. The summed E-state index contributed by atoms with van der Waals surface area (Å²) in [5.74, 6) is 1.62. The lowest BCUT2D eigenvalue weighted by Gasteiger charge is -2.30. The highest BCUT2D eigenvalue weighted by Gasteiger charge is 2.30. The minimum atomic E-state index is -3.21. The van der Waals surface area contributed by atoms with E-state index < -0.39 is 10.0 Å². The molecule has 0 unspecified atom stereocenters. The normalized spacial score (nSPS) is 20.2. The first kappa shape index (κ1) is 18.0. The number of sulfonamides is 1. The number of nitrogens with zero attached hydrogens (tertiary/aromatic N) is 4. The number of piperidine rings is 1. The van der Waals surface area contributed by atoms with Gasteiger partial charge in [0.1, 0.15) is 0 Å². The molecule has 0 atom stereocenters. The maximum atomic E-state index is 12.7. The van der Waals surface area contributed by atoms with E-state index in [-0.39, 0.29) is 17.6 Å². The second-order valence-electron chi connectivity index (χ2n) is 7.03. The lowest BCUT2D eigenvalue weighted by Crippen LogP contribution is -2.38. The van der Waals surface area contributed by atoms with E-state index in [1.54, 1.807) is 31.2 Å². The summed E-state index contributed by atoms with van der Waals surface area (Å²) in [7, 11) is -3.21. The molecule has 1 aromatic heterocycles. The number of carbonyl (C=O) groups excluding carboxylic acids is 1. The minimum absolute atomic E-state index is 0.0361. The van der Waals surface area contributed by atoms with E-state index in [1.807, 2.05) is 4.90 Å². The van der Waals surface area contributed by atoms with Gasteiger partial charge in [0.05, 0.1) is 11.4 Å². The fourth-order valence-corrected chi connectivity index (χ4v) is 5.26. The Labute approximate surface area is 158 Å². The summed E-state index contributed by atoms with van der Waals surface area (Å²) in [6.45, 7) is 3.56. The molecule has 8 nitrogen and oxygen atoms in total. The second-order valence-corrected chi connectivity index (χ2v) is 9.05. The molecule has 1 aromatic carbocycles. The van der Waals surface area contributed by atoms with Crippen LogP contribution in [0.15, 0.2) is 28.8 Å². The molecule has 144 valence electrons. The fourth-order valence-electron chi connectivity index (χ4n) is 3.69. The first-order valence-corrected chi connectivity index (χ1v) is 10.7. The predicted octanol–water partition coefficient (Wildman–Crippen LogP) is 1.94. The largest absolute Gasteiger partial charge is 0.339 e. The molecule has 2 aliphatic rings. The van der Waals surface area contributed by atoms with Crippen LogP contribution in [0.5, 0.6) is 0 Å². The van der Waals surface area contributed by atoms with Crippen molar-refractivity contribution in [2.45, 2.75) is 32.1 Å². The van der Waals surface area contributed by atoms with Crippen LogP contribution in [0.3, 0.4) is 0 Å². The lowest BCUT2D eigenvalue weighted by atomic mass is 9.96. The van der Waals surface area contributed by atoms with Crippen molar-refractivity contribution in [3.8, 4) is 0 Å². The van der Waals surface area contributed by atoms with Crippen molar-refractivity contribution in [1.29, 1.82) is 0 Å². The monoisotopic (exact) mass is 390 g/mol. The molecule has 0 N–H and O–H groups in total. The second kappa shape index (κ2) is 6.95. The van der Waals surface area contributed by atoms with Gasteiger partial charge < -0.3 is 9.42 Å². The summed E-state index contributed by atoms with van der Waals surface area (Å²) in [4.78, 5) is 18.9. The molecule has 0 bridgehead atoms. The average Bonchev–Trinajstić information content (AvgIpc) is 3.26. The van der Waals surface area contributed by atoms with Gasteiger partial charge in [0.2, 0.25) is 15.9 Å². The molecule has 4 rings (SSSR count). The van der Waals surface area contributed by atoms with Crippen LogP contribution in [0.25, 0.3) is 0 Å². The number of likely N-dealkylation sites (tertiary alicyclic amines) is 1. The average molecular weight is 390 g/mol. The Morgan fingerprint density at radius 1 is 1.15 bits per heavy atom. The third-order valence-electron chi connectivity index (χ3n) is 5.18. The quantitative estimate of drug-likeness (QED) is 0.795. The SMILES string of the molecule is Cc1noc(C2CCN(C(=O)c3ccc(N4CCCS4(=O)=O)cc3)CC2)n1. The van der Waals surface area contributed by atoms with E-state index in [2.05, 4.69) is 10.1 Å². The van der Waals surface area contributed by atoms with Gasteiger partial charge in [-0.3, -0.25) is 9.10 Å². The van der Waals surface area contributed by atoms with Crippen molar-refractivity contribution in [3.63, 3.8) is 0 Å². The van der Waals surface area contributed by atoms with Crippen molar-refractivity contribution in [3.05, 3.63) is 41.5 Å². The number of anilines is 1. The van der Waals surface area contributed by atoms with E-state index >= 15 is 0 Å². The molecule has 2 aliphatic heterocycles. The maximum absolute atomic E-state index is 12.7. The summed E-state index contributed by atoms with van der Waals surface area (Å²) in [5, 5.41) is 3.83. The Hall–Kier alpha value is -2.42. The van der Waals surface area contributed by atoms with Crippen LogP contribution in [0.2, 0.25) is 0 Å². The Morgan fingerprint density at radius 2 is 1.85 bits per heavy atom. The topological polar surface area (TPSA) is 96.6 Å². The number of aromatic nitrogens is 2. The van der Waals surface area contributed by atoms with E-state index in [0.717, 1.165) is 12.8 Å². The van der Waals surface area contributed by atoms with Crippen molar-refractivity contribution in [2.24, 2.45) is 0 Å². The third kappa shape index (κ3) is 3.55. The predicted molar refractivity (Wildman–Crippen MR) is 99.1 cm³/mol. The van der Waals surface area contributed by atoms with Crippen LogP contribution in [-0.4, -0.2) is 54.8 Å². The Balaban J connectivity index is 1.40. The highest BCUT2D eigenvalue weighted by molar-refractivity contribution is 7.93. The van der Waals surface area contributed by atoms with Crippen LogP contribution < -0.4 is 4.31 Å². The van der Waals surface area contributed by atoms with E-state index in [0.29, 0.717) is 49.0 Å². The minimum Gasteiger partial charge on any atom is -0.339 e.